The van der Waals surface area contributed by atoms with Crippen LogP contribution in [-0.2, 0) is 4.84 Å². The molecule has 0 aliphatic heterocycles. The molecule has 0 saturated heterocycles. The maximum absolute atomic E-state index is 12.9. The Morgan fingerprint density at radius 2 is 2.06 bits per heavy atom. The number of benzene rings is 1. The number of amides is 1. The number of halogens is 5. The summed E-state index contributed by atoms with van der Waals surface area (Å²) in [6.45, 7) is -1.65. The van der Waals surface area contributed by atoms with Crippen LogP contribution in [-0.4, -0.2) is 18.7 Å². The summed E-state index contributed by atoms with van der Waals surface area (Å²) in [6.07, 6.45) is -4.57. The van der Waals surface area contributed by atoms with E-state index in [9.17, 15) is 22.4 Å². The molecule has 0 fully saturated rings. The third-order valence-electron chi connectivity index (χ3n) is 1.60. The molecular formula is C9H6ClF4NO2. The van der Waals surface area contributed by atoms with Gasteiger partial charge in [-0.25, -0.2) is 9.87 Å². The molecule has 0 atom stereocenters. The second-order valence-corrected chi connectivity index (χ2v) is 3.31. The molecule has 0 bridgehead atoms. The van der Waals surface area contributed by atoms with Crippen LogP contribution in [0.3, 0.4) is 0 Å². The van der Waals surface area contributed by atoms with E-state index in [1.807, 2.05) is 0 Å². The molecule has 1 amide bonds. The maximum atomic E-state index is 12.9. The monoisotopic (exact) mass is 271 g/mol. The van der Waals surface area contributed by atoms with Gasteiger partial charge in [-0.05, 0) is 12.1 Å². The quantitative estimate of drug-likeness (QED) is 0.678. The van der Waals surface area contributed by atoms with Gasteiger partial charge in [0, 0.05) is 0 Å². The van der Waals surface area contributed by atoms with E-state index >= 15 is 0 Å². The van der Waals surface area contributed by atoms with Gasteiger partial charge in [-0.15, -0.1) is 0 Å². The average Bonchev–Trinajstić information content (AvgIpc) is 2.20. The molecule has 0 aliphatic rings. The Morgan fingerprint density at radius 3 is 2.65 bits per heavy atom. The highest BCUT2D eigenvalue weighted by molar-refractivity contribution is 6.33. The van der Waals surface area contributed by atoms with Crippen molar-refractivity contribution in [2.75, 3.05) is 6.61 Å². The molecule has 3 nitrogen and oxygen atoms in total. The van der Waals surface area contributed by atoms with Crippen molar-refractivity contribution in [2.45, 2.75) is 6.18 Å². The van der Waals surface area contributed by atoms with E-state index in [1.54, 1.807) is 0 Å². The van der Waals surface area contributed by atoms with E-state index in [2.05, 4.69) is 4.84 Å². The Kier molecular flexibility index (Phi) is 4.30. The minimum atomic E-state index is -4.57. The first-order valence-electron chi connectivity index (χ1n) is 4.24. The molecule has 8 heteroatoms. The number of hydrogen-bond donors (Lipinski definition) is 1. The molecule has 0 unspecified atom stereocenters. The lowest BCUT2D eigenvalue weighted by molar-refractivity contribution is -0.184. The minimum Gasteiger partial charge on any atom is -0.267 e. The summed E-state index contributed by atoms with van der Waals surface area (Å²) < 4.78 is 48.0. The van der Waals surface area contributed by atoms with Gasteiger partial charge >= 0.3 is 6.18 Å². The van der Waals surface area contributed by atoms with E-state index in [0.717, 1.165) is 12.1 Å². The van der Waals surface area contributed by atoms with Gasteiger partial charge in [0.15, 0.2) is 6.61 Å². The molecule has 1 aromatic carbocycles. The first-order chi connectivity index (χ1) is 7.81. The van der Waals surface area contributed by atoms with Gasteiger partial charge < -0.3 is 0 Å². The van der Waals surface area contributed by atoms with Crippen LogP contribution in [0.5, 0.6) is 0 Å². The van der Waals surface area contributed by atoms with Crippen LogP contribution in [0, 0.1) is 5.82 Å². The van der Waals surface area contributed by atoms with Crippen LogP contribution >= 0.6 is 11.6 Å². The lowest BCUT2D eigenvalue weighted by Crippen LogP contribution is -2.29. The molecule has 0 aliphatic carbocycles. The van der Waals surface area contributed by atoms with Crippen LogP contribution in [0.1, 0.15) is 10.4 Å². The molecule has 1 rings (SSSR count). The van der Waals surface area contributed by atoms with Crippen molar-refractivity contribution in [1.82, 2.24) is 5.48 Å². The zero-order chi connectivity index (χ0) is 13.1. The Bertz CT molecular complexity index is 422. The molecule has 94 valence electrons. The highest BCUT2D eigenvalue weighted by Crippen LogP contribution is 2.19. The van der Waals surface area contributed by atoms with Crippen molar-refractivity contribution >= 4 is 17.5 Å². The van der Waals surface area contributed by atoms with Gasteiger partial charge in [0.1, 0.15) is 5.82 Å². The van der Waals surface area contributed by atoms with E-state index in [-0.39, 0.29) is 5.56 Å². The topological polar surface area (TPSA) is 38.3 Å². The Balaban J connectivity index is 2.62. The van der Waals surface area contributed by atoms with Crippen LogP contribution in [0.2, 0.25) is 5.02 Å². The van der Waals surface area contributed by atoms with Crippen molar-refractivity contribution in [3.05, 3.63) is 34.6 Å². The summed E-state index contributed by atoms with van der Waals surface area (Å²) in [4.78, 5) is 15.2. The molecule has 0 saturated carbocycles. The standard InChI is InChI=1S/C9H6ClF4NO2/c10-7-5(2-1-3-6(7)11)8(16)15-17-4-9(12,13)14/h1-3H,4H2,(H,15,16). The summed E-state index contributed by atoms with van der Waals surface area (Å²) in [5, 5.41) is -0.486. The summed E-state index contributed by atoms with van der Waals surface area (Å²) in [5.41, 5.74) is 1.20. The van der Waals surface area contributed by atoms with Crippen molar-refractivity contribution in [1.29, 1.82) is 0 Å². The first-order valence-corrected chi connectivity index (χ1v) is 4.62. The molecule has 0 spiro atoms. The van der Waals surface area contributed by atoms with Crippen LogP contribution in [0.15, 0.2) is 18.2 Å². The molecule has 0 heterocycles. The van der Waals surface area contributed by atoms with E-state index in [1.165, 1.54) is 11.5 Å². The van der Waals surface area contributed by atoms with Gasteiger partial charge in [-0.1, -0.05) is 17.7 Å². The molecule has 1 N–H and O–H groups in total. The van der Waals surface area contributed by atoms with Crippen molar-refractivity contribution in [2.24, 2.45) is 0 Å². The summed E-state index contributed by atoms with van der Waals surface area (Å²) in [6, 6.07) is 3.35. The second-order valence-electron chi connectivity index (χ2n) is 2.94. The Labute approximate surface area is 98.3 Å². The zero-order valence-electron chi connectivity index (χ0n) is 8.15. The van der Waals surface area contributed by atoms with E-state index in [4.69, 9.17) is 11.6 Å². The van der Waals surface area contributed by atoms with Gasteiger partial charge in [0.25, 0.3) is 5.91 Å². The van der Waals surface area contributed by atoms with Gasteiger partial charge in [-0.3, -0.25) is 9.63 Å². The fraction of sp³-hybridized carbons (Fsp3) is 0.222. The third kappa shape index (κ3) is 4.20. The first kappa shape index (κ1) is 13.7. The molecule has 1 aromatic rings. The van der Waals surface area contributed by atoms with Crippen molar-refractivity contribution in [3.63, 3.8) is 0 Å². The summed E-state index contributed by atoms with van der Waals surface area (Å²) >= 11 is 5.44. The number of hydrogen-bond acceptors (Lipinski definition) is 2. The summed E-state index contributed by atoms with van der Waals surface area (Å²) in [7, 11) is 0. The molecular weight excluding hydrogens is 266 g/mol. The van der Waals surface area contributed by atoms with Gasteiger partial charge in [0.2, 0.25) is 0 Å². The predicted octanol–water partition coefficient (Wildman–Crippen LogP) is 2.70. The van der Waals surface area contributed by atoms with Crippen LogP contribution in [0.4, 0.5) is 17.6 Å². The number of alkyl halides is 3. The lowest BCUT2D eigenvalue weighted by Gasteiger charge is -2.09. The number of nitrogens with one attached hydrogen (secondary N) is 1. The predicted molar refractivity (Wildman–Crippen MR) is 50.9 cm³/mol. The molecule has 0 radical (unpaired) electrons. The Hall–Kier alpha value is -1.34. The zero-order valence-corrected chi connectivity index (χ0v) is 8.90. The van der Waals surface area contributed by atoms with Crippen LogP contribution in [0.25, 0.3) is 0 Å². The van der Waals surface area contributed by atoms with Crippen molar-refractivity contribution < 1.29 is 27.2 Å². The number of rotatable bonds is 3. The lowest BCUT2D eigenvalue weighted by atomic mass is 10.2. The van der Waals surface area contributed by atoms with E-state index < -0.39 is 29.5 Å². The third-order valence-corrected chi connectivity index (χ3v) is 1.98. The fourth-order valence-electron chi connectivity index (χ4n) is 0.918. The average molecular weight is 272 g/mol. The largest absolute Gasteiger partial charge is 0.414 e. The second kappa shape index (κ2) is 5.33. The highest BCUT2D eigenvalue weighted by Gasteiger charge is 2.28. The molecule has 0 aromatic heterocycles. The van der Waals surface area contributed by atoms with Gasteiger partial charge in [0.05, 0.1) is 10.6 Å². The Morgan fingerprint density at radius 1 is 1.41 bits per heavy atom. The van der Waals surface area contributed by atoms with Crippen LogP contribution < -0.4 is 5.48 Å². The van der Waals surface area contributed by atoms with Crippen molar-refractivity contribution in [3.8, 4) is 0 Å². The SMILES string of the molecule is O=C(NOCC(F)(F)F)c1cccc(F)c1Cl. The normalized spacial score (nSPS) is 11.4. The smallest absolute Gasteiger partial charge is 0.267 e. The molecule has 17 heavy (non-hydrogen) atoms. The number of carbonyl (C=O) groups is 1. The van der Waals surface area contributed by atoms with E-state index in [0.29, 0.717) is 0 Å². The maximum Gasteiger partial charge on any atom is 0.414 e. The van der Waals surface area contributed by atoms with Gasteiger partial charge in [-0.2, -0.15) is 13.2 Å². The minimum absolute atomic E-state index is 0.311. The summed E-state index contributed by atoms with van der Waals surface area (Å²) in [5.74, 6) is -1.91. The number of carbonyl (C=O) groups excluding carboxylic acids is 1. The number of hydroxylamine groups is 1. The highest BCUT2D eigenvalue weighted by atomic mass is 35.5. The fourth-order valence-corrected chi connectivity index (χ4v) is 1.13.